The number of aromatic nitrogens is 1. The summed E-state index contributed by atoms with van der Waals surface area (Å²) in [5.74, 6) is -0.108. The maximum absolute atomic E-state index is 13.9. The van der Waals surface area contributed by atoms with Crippen LogP contribution in [0.25, 0.3) is 10.2 Å². The van der Waals surface area contributed by atoms with Crippen molar-refractivity contribution in [2.24, 2.45) is 0 Å². The SMILES string of the molecule is CC.CCOc1c(F)c(OC)cc2sc(C)nc12. The van der Waals surface area contributed by atoms with Gasteiger partial charge in [-0.1, -0.05) is 13.8 Å². The Bertz CT molecular complexity index is 525. The summed E-state index contributed by atoms with van der Waals surface area (Å²) in [5, 5.41) is 0.878. The first-order chi connectivity index (χ1) is 8.67. The quantitative estimate of drug-likeness (QED) is 0.839. The summed E-state index contributed by atoms with van der Waals surface area (Å²) >= 11 is 1.49. The molecule has 0 bridgehead atoms. The molecule has 0 fully saturated rings. The first-order valence-electron chi connectivity index (χ1n) is 5.93. The van der Waals surface area contributed by atoms with E-state index in [-0.39, 0.29) is 11.5 Å². The molecule has 1 aromatic heterocycles. The number of halogens is 1. The lowest BCUT2D eigenvalue weighted by Gasteiger charge is -2.08. The molecule has 0 atom stereocenters. The lowest BCUT2D eigenvalue weighted by molar-refractivity contribution is 0.313. The monoisotopic (exact) mass is 271 g/mol. The lowest BCUT2D eigenvalue weighted by atomic mass is 10.3. The molecule has 0 radical (unpaired) electrons. The highest BCUT2D eigenvalue weighted by atomic mass is 32.1. The van der Waals surface area contributed by atoms with E-state index >= 15 is 0 Å². The molecule has 0 saturated carbocycles. The molecule has 1 aromatic carbocycles. The minimum atomic E-state index is -0.484. The average Bonchev–Trinajstić information content (AvgIpc) is 2.75. The molecule has 0 aliphatic heterocycles. The summed E-state index contributed by atoms with van der Waals surface area (Å²) < 4.78 is 25.1. The number of thiazole rings is 1. The summed E-state index contributed by atoms with van der Waals surface area (Å²) in [4.78, 5) is 4.27. The van der Waals surface area contributed by atoms with Crippen LogP contribution in [0.3, 0.4) is 0 Å². The number of aryl methyl sites for hydroxylation is 1. The Kier molecular flexibility index (Phi) is 5.34. The van der Waals surface area contributed by atoms with Crippen molar-refractivity contribution in [1.29, 1.82) is 0 Å². The molecule has 2 rings (SSSR count). The van der Waals surface area contributed by atoms with E-state index in [2.05, 4.69) is 4.98 Å². The third-order valence-corrected chi connectivity index (χ3v) is 3.08. The van der Waals surface area contributed by atoms with Crippen LogP contribution in [0.2, 0.25) is 0 Å². The second-order valence-electron chi connectivity index (χ2n) is 3.23. The molecule has 100 valence electrons. The fourth-order valence-corrected chi connectivity index (χ4v) is 2.38. The van der Waals surface area contributed by atoms with Gasteiger partial charge >= 0.3 is 0 Å². The van der Waals surface area contributed by atoms with E-state index in [1.165, 1.54) is 18.4 Å². The molecule has 0 aliphatic rings. The van der Waals surface area contributed by atoms with E-state index in [1.54, 1.807) is 6.07 Å². The zero-order valence-corrected chi connectivity index (χ0v) is 12.2. The lowest BCUT2D eigenvalue weighted by Crippen LogP contribution is -1.98. The predicted octanol–water partition coefficient (Wildman–Crippen LogP) is 4.18. The average molecular weight is 271 g/mol. The van der Waals surface area contributed by atoms with Crippen LogP contribution in [0.1, 0.15) is 25.8 Å². The van der Waals surface area contributed by atoms with E-state index in [9.17, 15) is 4.39 Å². The van der Waals surface area contributed by atoms with Crippen LogP contribution in [-0.4, -0.2) is 18.7 Å². The molecule has 0 N–H and O–H groups in total. The first-order valence-corrected chi connectivity index (χ1v) is 6.75. The summed E-state index contributed by atoms with van der Waals surface area (Å²) in [6.07, 6.45) is 0. The second-order valence-corrected chi connectivity index (χ2v) is 4.47. The highest BCUT2D eigenvalue weighted by Crippen LogP contribution is 2.37. The number of hydrogen-bond acceptors (Lipinski definition) is 4. The van der Waals surface area contributed by atoms with Crippen LogP contribution >= 0.6 is 11.3 Å². The van der Waals surface area contributed by atoms with E-state index in [4.69, 9.17) is 9.47 Å². The summed E-state index contributed by atoms with van der Waals surface area (Å²) in [5.41, 5.74) is 0.572. The zero-order valence-electron chi connectivity index (χ0n) is 11.3. The van der Waals surface area contributed by atoms with E-state index in [1.807, 2.05) is 27.7 Å². The fraction of sp³-hybridized carbons (Fsp3) is 0.462. The van der Waals surface area contributed by atoms with Gasteiger partial charge < -0.3 is 9.47 Å². The largest absolute Gasteiger partial charge is 0.493 e. The maximum Gasteiger partial charge on any atom is 0.209 e. The van der Waals surface area contributed by atoms with Crippen LogP contribution in [0, 0.1) is 12.7 Å². The fourth-order valence-electron chi connectivity index (χ4n) is 1.53. The van der Waals surface area contributed by atoms with Crippen molar-refractivity contribution >= 4 is 21.6 Å². The van der Waals surface area contributed by atoms with Gasteiger partial charge in [-0.15, -0.1) is 11.3 Å². The number of nitrogens with zero attached hydrogens (tertiary/aromatic N) is 1. The van der Waals surface area contributed by atoms with Crippen molar-refractivity contribution in [2.75, 3.05) is 13.7 Å². The van der Waals surface area contributed by atoms with Gasteiger partial charge in [0.25, 0.3) is 0 Å². The number of methoxy groups -OCH3 is 1. The molecule has 2 aromatic rings. The van der Waals surface area contributed by atoms with Crippen LogP contribution in [0.4, 0.5) is 4.39 Å². The van der Waals surface area contributed by atoms with Gasteiger partial charge in [-0.2, -0.15) is 4.39 Å². The number of benzene rings is 1. The first kappa shape index (κ1) is 14.7. The van der Waals surface area contributed by atoms with Crippen molar-refractivity contribution in [3.05, 3.63) is 16.9 Å². The number of hydrogen-bond donors (Lipinski definition) is 0. The predicted molar refractivity (Wildman–Crippen MR) is 73.4 cm³/mol. The number of rotatable bonds is 3. The second kappa shape index (κ2) is 6.54. The van der Waals surface area contributed by atoms with E-state index in [0.717, 1.165) is 9.71 Å². The molecule has 3 nitrogen and oxygen atoms in total. The van der Waals surface area contributed by atoms with Crippen molar-refractivity contribution < 1.29 is 13.9 Å². The normalized spacial score (nSPS) is 9.89. The van der Waals surface area contributed by atoms with Gasteiger partial charge in [-0.05, 0) is 13.8 Å². The van der Waals surface area contributed by atoms with Gasteiger partial charge in [-0.25, -0.2) is 4.98 Å². The Labute approximate surface area is 111 Å². The van der Waals surface area contributed by atoms with E-state index < -0.39 is 5.82 Å². The van der Waals surface area contributed by atoms with Gasteiger partial charge in [0.15, 0.2) is 11.5 Å². The molecule has 0 amide bonds. The van der Waals surface area contributed by atoms with Gasteiger partial charge in [-0.3, -0.25) is 0 Å². The third-order valence-electron chi connectivity index (χ3n) is 2.16. The van der Waals surface area contributed by atoms with Crippen LogP contribution < -0.4 is 9.47 Å². The van der Waals surface area contributed by atoms with Crippen molar-refractivity contribution in [3.8, 4) is 11.5 Å². The molecule has 5 heteroatoms. The topological polar surface area (TPSA) is 31.4 Å². The molecule has 1 heterocycles. The molecule has 0 aliphatic carbocycles. The molecule has 0 saturated heterocycles. The van der Waals surface area contributed by atoms with Crippen molar-refractivity contribution in [3.63, 3.8) is 0 Å². The minimum absolute atomic E-state index is 0.182. The third kappa shape index (κ3) is 2.72. The molecule has 0 spiro atoms. The number of ether oxygens (including phenoxy) is 2. The Morgan fingerprint density at radius 2 is 2.06 bits per heavy atom. The molecular formula is C13H18FNO2S. The highest BCUT2D eigenvalue weighted by Gasteiger charge is 2.18. The molecule has 18 heavy (non-hydrogen) atoms. The Morgan fingerprint density at radius 1 is 1.39 bits per heavy atom. The smallest absolute Gasteiger partial charge is 0.209 e. The van der Waals surface area contributed by atoms with Gasteiger partial charge in [0.2, 0.25) is 5.82 Å². The Balaban J connectivity index is 0.000000771. The Hall–Kier alpha value is -1.36. The molecule has 0 unspecified atom stereocenters. The van der Waals surface area contributed by atoms with Gasteiger partial charge in [0.1, 0.15) is 5.52 Å². The molecular weight excluding hydrogens is 253 g/mol. The number of fused-ring (bicyclic) bond motifs is 1. The zero-order chi connectivity index (χ0) is 13.7. The maximum atomic E-state index is 13.9. The summed E-state index contributed by atoms with van der Waals surface area (Å²) in [6.45, 7) is 8.09. The van der Waals surface area contributed by atoms with Crippen molar-refractivity contribution in [1.82, 2.24) is 4.98 Å². The van der Waals surface area contributed by atoms with Crippen LogP contribution in [0.5, 0.6) is 11.5 Å². The highest BCUT2D eigenvalue weighted by molar-refractivity contribution is 7.18. The summed E-state index contributed by atoms with van der Waals surface area (Å²) in [7, 11) is 1.44. The van der Waals surface area contributed by atoms with Crippen molar-refractivity contribution in [2.45, 2.75) is 27.7 Å². The van der Waals surface area contributed by atoms with Crippen LogP contribution in [0.15, 0.2) is 6.07 Å². The Morgan fingerprint density at radius 3 is 2.61 bits per heavy atom. The van der Waals surface area contributed by atoms with Gasteiger partial charge in [0, 0.05) is 6.07 Å². The van der Waals surface area contributed by atoms with Gasteiger partial charge in [0.05, 0.1) is 23.4 Å². The van der Waals surface area contributed by atoms with Crippen LogP contribution in [-0.2, 0) is 0 Å². The van der Waals surface area contributed by atoms with E-state index in [0.29, 0.717) is 12.1 Å². The summed E-state index contributed by atoms with van der Waals surface area (Å²) in [6, 6.07) is 1.65. The minimum Gasteiger partial charge on any atom is -0.493 e. The standard InChI is InChI=1S/C11H12FNO2S.C2H6/c1-4-15-11-9(12)7(14-3)5-8-10(11)13-6(2)16-8;1-2/h5H,4H2,1-3H3;1-2H3.